The lowest BCUT2D eigenvalue weighted by molar-refractivity contribution is -0.384. The van der Waals surface area contributed by atoms with Crippen LogP contribution in [-0.4, -0.2) is 21.0 Å². The molecule has 2 bridgehead atoms. The molecule has 8 nitrogen and oxygen atoms in total. The van der Waals surface area contributed by atoms with Gasteiger partial charge in [-0.25, -0.2) is 0 Å². The maximum Gasteiger partial charge on any atom is 0.269 e. The van der Waals surface area contributed by atoms with Gasteiger partial charge in [0.15, 0.2) is 0 Å². The molecule has 1 saturated heterocycles. The molecule has 1 aromatic heterocycles. The normalized spacial score (nSPS) is 18.9. The van der Waals surface area contributed by atoms with E-state index in [1.54, 1.807) is 17.2 Å². The number of amides is 1. The van der Waals surface area contributed by atoms with Crippen LogP contribution in [0.15, 0.2) is 66.9 Å². The van der Waals surface area contributed by atoms with Crippen LogP contribution in [0.1, 0.15) is 23.1 Å². The zero-order valence-electron chi connectivity index (χ0n) is 15.6. The first-order valence-electron chi connectivity index (χ1n) is 9.52. The molecule has 0 aliphatic carbocycles. The largest absolute Gasteiger partial charge is 0.355 e. The van der Waals surface area contributed by atoms with E-state index >= 15 is 0 Å². The summed E-state index contributed by atoms with van der Waals surface area (Å²) >= 11 is 0. The van der Waals surface area contributed by atoms with Gasteiger partial charge in [0.1, 0.15) is 0 Å². The Bertz CT molecular complexity index is 1360. The third-order valence-electron chi connectivity index (χ3n) is 5.91. The second-order valence-electron chi connectivity index (χ2n) is 7.52. The maximum absolute atomic E-state index is 12.7. The van der Waals surface area contributed by atoms with Crippen molar-refractivity contribution in [1.29, 1.82) is 0 Å². The van der Waals surface area contributed by atoms with Gasteiger partial charge in [0.25, 0.3) is 5.69 Å². The number of H-pyrrole nitrogens is 1. The van der Waals surface area contributed by atoms with E-state index in [1.165, 1.54) is 12.1 Å². The van der Waals surface area contributed by atoms with Crippen LogP contribution < -0.4 is 10.2 Å². The fourth-order valence-corrected chi connectivity index (χ4v) is 4.54. The number of hydrogen-bond donors (Lipinski definition) is 2. The Morgan fingerprint density at radius 3 is 2.80 bits per heavy atom. The topological polar surface area (TPSA) is 104 Å². The van der Waals surface area contributed by atoms with Crippen molar-refractivity contribution >= 4 is 39.6 Å². The molecule has 0 spiro atoms. The van der Waals surface area contributed by atoms with Crippen LogP contribution in [0, 0.1) is 10.1 Å². The number of rotatable bonds is 4. The molecule has 4 aromatic rings. The molecule has 3 heterocycles. The minimum absolute atomic E-state index is 0.00770. The number of non-ortho nitro benzene ring substituents is 1. The number of nitro benzene ring substituents is 1. The summed E-state index contributed by atoms with van der Waals surface area (Å²) in [5.41, 5.74) is 5.20. The molecule has 2 N–H and O–H groups in total. The average molecular weight is 397 g/mol. The quantitative estimate of drug-likeness (QED) is 0.302. The smallest absolute Gasteiger partial charge is 0.269 e. The first kappa shape index (κ1) is 16.7. The number of nitro groups is 1. The third-order valence-corrected chi connectivity index (χ3v) is 5.91. The van der Waals surface area contributed by atoms with Crippen molar-refractivity contribution < 1.29 is 9.72 Å². The predicted molar refractivity (Wildman–Crippen MR) is 112 cm³/mol. The number of β-lactam (4-membered cyclic amide) rings is 1. The van der Waals surface area contributed by atoms with E-state index in [4.69, 9.17) is 0 Å². The average Bonchev–Trinajstić information content (AvgIpc) is 3.42. The summed E-state index contributed by atoms with van der Waals surface area (Å²) in [6.45, 7) is 0. The van der Waals surface area contributed by atoms with E-state index in [0.29, 0.717) is 0 Å². The molecule has 1 fully saturated rings. The van der Waals surface area contributed by atoms with Crippen molar-refractivity contribution in [3.8, 4) is 0 Å². The Balaban J connectivity index is 1.38. The van der Waals surface area contributed by atoms with Gasteiger partial charge in [-0.3, -0.25) is 20.0 Å². The third kappa shape index (κ3) is 2.21. The number of aromatic amines is 1. The van der Waals surface area contributed by atoms with Crippen molar-refractivity contribution in [3.05, 3.63) is 88.1 Å². The lowest BCUT2D eigenvalue weighted by Gasteiger charge is -2.39. The Kier molecular flexibility index (Phi) is 3.29. The first-order valence-corrected chi connectivity index (χ1v) is 9.52. The lowest BCUT2D eigenvalue weighted by atomic mass is 9.83. The van der Waals surface area contributed by atoms with Crippen molar-refractivity contribution in [2.45, 2.75) is 12.0 Å². The molecule has 6 rings (SSSR count). The molecular formula is C22H15N5O3. The minimum Gasteiger partial charge on any atom is -0.355 e. The molecule has 2 atom stereocenters. The number of anilines is 3. The van der Waals surface area contributed by atoms with E-state index < -0.39 is 10.8 Å². The number of fused-ring (bicyclic) bond motifs is 6. The molecule has 146 valence electrons. The predicted octanol–water partition coefficient (Wildman–Crippen LogP) is 4.40. The summed E-state index contributed by atoms with van der Waals surface area (Å²) in [7, 11) is 0. The monoisotopic (exact) mass is 397 g/mol. The van der Waals surface area contributed by atoms with Crippen molar-refractivity contribution in [3.63, 3.8) is 0 Å². The van der Waals surface area contributed by atoms with Crippen molar-refractivity contribution in [1.82, 2.24) is 10.2 Å². The number of aromatic nitrogens is 2. The molecule has 0 radical (unpaired) electrons. The fourth-order valence-electron chi connectivity index (χ4n) is 4.54. The standard InChI is InChI=1S/C22H15N5O3/c28-22-20-16-10-14(27(29)30)7-8-19(16)26(22)21(20)15-3-1-2-4-17(15)24-13-6-5-12-11-23-25-18(12)9-13/h1-11,20-21,24H,(H,23,25). The Morgan fingerprint density at radius 2 is 1.93 bits per heavy atom. The van der Waals surface area contributed by atoms with Gasteiger partial charge in [-0.2, -0.15) is 5.10 Å². The Hall–Kier alpha value is -4.20. The van der Waals surface area contributed by atoms with Crippen LogP contribution in [0.4, 0.5) is 22.7 Å². The Labute approximate surface area is 170 Å². The van der Waals surface area contributed by atoms with Crippen molar-refractivity contribution in [2.24, 2.45) is 0 Å². The second-order valence-corrected chi connectivity index (χ2v) is 7.52. The molecule has 2 aliphatic rings. The van der Waals surface area contributed by atoms with Gasteiger partial charge >= 0.3 is 0 Å². The molecule has 0 saturated carbocycles. The zero-order chi connectivity index (χ0) is 20.4. The van der Waals surface area contributed by atoms with E-state index in [9.17, 15) is 14.9 Å². The minimum atomic E-state index is -0.425. The molecule has 8 heteroatoms. The van der Waals surface area contributed by atoms with Gasteiger partial charge in [0.2, 0.25) is 5.91 Å². The van der Waals surface area contributed by atoms with Crippen LogP contribution in [0.2, 0.25) is 0 Å². The molecule has 2 aliphatic heterocycles. The van der Waals surface area contributed by atoms with E-state index in [0.717, 1.165) is 39.1 Å². The summed E-state index contributed by atoms with van der Waals surface area (Å²) in [6.07, 6.45) is 1.77. The lowest BCUT2D eigenvalue weighted by Crippen LogP contribution is -2.47. The van der Waals surface area contributed by atoms with Crippen LogP contribution in [0.25, 0.3) is 10.9 Å². The van der Waals surface area contributed by atoms with Crippen LogP contribution >= 0.6 is 0 Å². The van der Waals surface area contributed by atoms with E-state index in [2.05, 4.69) is 15.5 Å². The van der Waals surface area contributed by atoms with Crippen LogP contribution in [0.3, 0.4) is 0 Å². The number of carbonyl (C=O) groups excluding carboxylic acids is 1. The highest BCUT2D eigenvalue weighted by molar-refractivity contribution is 6.13. The maximum atomic E-state index is 12.7. The number of carbonyl (C=O) groups is 1. The van der Waals surface area contributed by atoms with Gasteiger partial charge < -0.3 is 10.2 Å². The van der Waals surface area contributed by atoms with Gasteiger partial charge in [0.05, 0.1) is 28.6 Å². The SMILES string of the molecule is O=C1C2c3cc([N+](=O)[O-])ccc3N1C2c1ccccc1Nc1ccc2cn[nH]c2c1. The number of nitrogens with one attached hydrogen (secondary N) is 2. The molecule has 30 heavy (non-hydrogen) atoms. The van der Waals surface area contributed by atoms with E-state index in [1.807, 2.05) is 42.5 Å². The van der Waals surface area contributed by atoms with Gasteiger partial charge in [-0.15, -0.1) is 0 Å². The molecule has 3 aromatic carbocycles. The molecule has 1 amide bonds. The summed E-state index contributed by atoms with van der Waals surface area (Å²) in [4.78, 5) is 25.1. The molecular weight excluding hydrogens is 382 g/mol. The van der Waals surface area contributed by atoms with Gasteiger partial charge in [0, 0.05) is 34.6 Å². The highest BCUT2D eigenvalue weighted by Gasteiger charge is 2.58. The van der Waals surface area contributed by atoms with Crippen LogP contribution in [0.5, 0.6) is 0 Å². The summed E-state index contributed by atoms with van der Waals surface area (Å²) < 4.78 is 0. The molecule has 2 unspecified atom stereocenters. The van der Waals surface area contributed by atoms with E-state index in [-0.39, 0.29) is 17.6 Å². The second kappa shape index (κ2) is 5.90. The number of nitrogens with zero attached hydrogens (tertiary/aromatic N) is 3. The highest BCUT2D eigenvalue weighted by Crippen LogP contribution is 2.60. The zero-order valence-corrected chi connectivity index (χ0v) is 15.6. The number of para-hydroxylation sites is 1. The number of hydrogen-bond acceptors (Lipinski definition) is 5. The van der Waals surface area contributed by atoms with Gasteiger partial charge in [-0.1, -0.05) is 18.2 Å². The summed E-state index contributed by atoms with van der Waals surface area (Å²) in [5, 5.41) is 22.7. The fraction of sp³-hybridized carbons (Fsp3) is 0.0909. The van der Waals surface area contributed by atoms with Crippen LogP contribution in [-0.2, 0) is 4.79 Å². The van der Waals surface area contributed by atoms with Crippen molar-refractivity contribution in [2.75, 3.05) is 10.2 Å². The Morgan fingerprint density at radius 1 is 1.07 bits per heavy atom. The highest BCUT2D eigenvalue weighted by atomic mass is 16.6. The summed E-state index contributed by atoms with van der Waals surface area (Å²) in [6, 6.07) is 18.3. The summed E-state index contributed by atoms with van der Waals surface area (Å²) in [5.74, 6) is -0.401. The van der Waals surface area contributed by atoms with Gasteiger partial charge in [-0.05, 0) is 41.5 Å². The first-order chi connectivity index (χ1) is 14.6. The number of benzene rings is 3.